The van der Waals surface area contributed by atoms with Crippen molar-refractivity contribution in [3.63, 3.8) is 0 Å². The highest BCUT2D eigenvalue weighted by molar-refractivity contribution is 5.86. The van der Waals surface area contributed by atoms with Crippen LogP contribution in [0.15, 0.2) is 18.3 Å². The van der Waals surface area contributed by atoms with E-state index in [1.165, 1.54) is 10.6 Å². The monoisotopic (exact) mass is 252 g/mol. The van der Waals surface area contributed by atoms with Crippen molar-refractivity contribution >= 4 is 11.9 Å². The van der Waals surface area contributed by atoms with Crippen molar-refractivity contribution < 1.29 is 19.8 Å². The van der Waals surface area contributed by atoms with Crippen LogP contribution >= 0.6 is 0 Å². The number of rotatable bonds is 3. The summed E-state index contributed by atoms with van der Waals surface area (Å²) >= 11 is 0. The second kappa shape index (κ2) is 5.22. The third-order valence-corrected chi connectivity index (χ3v) is 3.17. The van der Waals surface area contributed by atoms with Crippen LogP contribution < -0.4 is 0 Å². The third-order valence-electron chi connectivity index (χ3n) is 3.17. The molecule has 1 aromatic heterocycles. The van der Waals surface area contributed by atoms with E-state index in [9.17, 15) is 14.7 Å². The Kier molecular flexibility index (Phi) is 3.66. The van der Waals surface area contributed by atoms with Crippen LogP contribution in [0.1, 0.15) is 23.3 Å². The van der Waals surface area contributed by atoms with Gasteiger partial charge in [0.1, 0.15) is 12.2 Å². The zero-order valence-corrected chi connectivity index (χ0v) is 9.95. The lowest BCUT2D eigenvalue weighted by atomic mass is 10.1. The van der Waals surface area contributed by atoms with Gasteiger partial charge in [0.15, 0.2) is 0 Å². The minimum absolute atomic E-state index is 0.0325. The Bertz CT molecular complexity index is 447. The van der Waals surface area contributed by atoms with Crippen LogP contribution in [0.3, 0.4) is 0 Å². The SMILES string of the molecule is O=C(O)c1cccn1CC(=O)N1CCC(O)CC1. The van der Waals surface area contributed by atoms with E-state index >= 15 is 0 Å². The number of hydrogen-bond donors (Lipinski definition) is 2. The second-order valence-electron chi connectivity index (χ2n) is 4.44. The van der Waals surface area contributed by atoms with E-state index in [-0.39, 0.29) is 24.2 Å². The van der Waals surface area contributed by atoms with Crippen molar-refractivity contribution in [1.29, 1.82) is 0 Å². The Hall–Kier alpha value is -1.82. The largest absolute Gasteiger partial charge is 0.477 e. The zero-order valence-electron chi connectivity index (χ0n) is 9.95. The van der Waals surface area contributed by atoms with Gasteiger partial charge in [0.25, 0.3) is 0 Å². The van der Waals surface area contributed by atoms with Gasteiger partial charge in [-0.05, 0) is 25.0 Å². The number of aromatic nitrogens is 1. The molecule has 1 aliphatic rings. The van der Waals surface area contributed by atoms with Crippen molar-refractivity contribution in [2.45, 2.75) is 25.5 Å². The number of piperidine rings is 1. The molecule has 1 saturated heterocycles. The molecule has 98 valence electrons. The Balaban J connectivity index is 1.98. The molecule has 2 heterocycles. The maximum Gasteiger partial charge on any atom is 0.352 e. The predicted octanol–water partition coefficient (Wildman–Crippen LogP) is 0.170. The quantitative estimate of drug-likeness (QED) is 0.803. The normalized spacial score (nSPS) is 16.8. The fraction of sp³-hybridized carbons (Fsp3) is 0.500. The molecule has 6 heteroatoms. The van der Waals surface area contributed by atoms with Crippen molar-refractivity contribution in [3.05, 3.63) is 24.0 Å². The average molecular weight is 252 g/mol. The number of aromatic carboxylic acids is 1. The first-order chi connectivity index (χ1) is 8.58. The first-order valence-electron chi connectivity index (χ1n) is 5.92. The van der Waals surface area contributed by atoms with Crippen molar-refractivity contribution in [2.75, 3.05) is 13.1 Å². The van der Waals surface area contributed by atoms with Gasteiger partial charge in [-0.15, -0.1) is 0 Å². The van der Waals surface area contributed by atoms with Crippen LogP contribution in [0, 0.1) is 0 Å². The topological polar surface area (TPSA) is 82.8 Å². The molecule has 6 nitrogen and oxygen atoms in total. The molecule has 2 N–H and O–H groups in total. The highest BCUT2D eigenvalue weighted by Crippen LogP contribution is 2.11. The molecule has 1 aliphatic heterocycles. The minimum atomic E-state index is -1.04. The number of carboxylic acid groups (broad SMARTS) is 1. The van der Waals surface area contributed by atoms with Crippen LogP contribution in [-0.2, 0) is 11.3 Å². The second-order valence-corrected chi connectivity index (χ2v) is 4.44. The molecule has 18 heavy (non-hydrogen) atoms. The number of aliphatic hydroxyl groups is 1. The van der Waals surface area contributed by atoms with Gasteiger partial charge in [0.2, 0.25) is 5.91 Å². The molecule has 0 saturated carbocycles. The first-order valence-corrected chi connectivity index (χ1v) is 5.92. The summed E-state index contributed by atoms with van der Waals surface area (Å²) in [5.74, 6) is -1.15. The average Bonchev–Trinajstić information content (AvgIpc) is 2.78. The summed E-state index contributed by atoms with van der Waals surface area (Å²) in [4.78, 5) is 24.5. The van der Waals surface area contributed by atoms with E-state index < -0.39 is 5.97 Å². The highest BCUT2D eigenvalue weighted by Gasteiger charge is 2.22. The number of aliphatic hydroxyl groups excluding tert-OH is 1. The van der Waals surface area contributed by atoms with Crippen LogP contribution in [-0.4, -0.2) is 50.8 Å². The van der Waals surface area contributed by atoms with Gasteiger partial charge in [-0.2, -0.15) is 0 Å². The van der Waals surface area contributed by atoms with E-state index in [1.807, 2.05) is 0 Å². The summed E-state index contributed by atoms with van der Waals surface area (Å²) in [6.07, 6.45) is 2.43. The number of nitrogens with zero attached hydrogens (tertiary/aromatic N) is 2. The molecule has 1 fully saturated rings. The van der Waals surface area contributed by atoms with Gasteiger partial charge in [-0.3, -0.25) is 4.79 Å². The zero-order chi connectivity index (χ0) is 13.1. The van der Waals surface area contributed by atoms with E-state index in [0.29, 0.717) is 25.9 Å². The number of likely N-dealkylation sites (tertiary alicyclic amines) is 1. The van der Waals surface area contributed by atoms with E-state index in [4.69, 9.17) is 5.11 Å². The third kappa shape index (κ3) is 2.70. The molecule has 0 aromatic carbocycles. The first kappa shape index (κ1) is 12.6. The highest BCUT2D eigenvalue weighted by atomic mass is 16.4. The summed E-state index contributed by atoms with van der Waals surface area (Å²) in [5, 5.41) is 18.3. The fourth-order valence-corrected chi connectivity index (χ4v) is 2.11. The smallest absolute Gasteiger partial charge is 0.352 e. The summed E-state index contributed by atoms with van der Waals surface area (Å²) in [7, 11) is 0. The van der Waals surface area contributed by atoms with Gasteiger partial charge in [0.05, 0.1) is 6.10 Å². The van der Waals surface area contributed by atoms with Crippen LogP contribution in [0.25, 0.3) is 0 Å². The van der Waals surface area contributed by atoms with Crippen LogP contribution in [0.4, 0.5) is 0 Å². The number of carbonyl (C=O) groups excluding carboxylic acids is 1. The minimum Gasteiger partial charge on any atom is -0.477 e. The summed E-state index contributed by atoms with van der Waals surface area (Å²) in [6.45, 7) is 1.10. The van der Waals surface area contributed by atoms with Gasteiger partial charge >= 0.3 is 5.97 Å². The number of carbonyl (C=O) groups is 2. The van der Waals surface area contributed by atoms with Crippen molar-refractivity contribution in [1.82, 2.24) is 9.47 Å². The lowest BCUT2D eigenvalue weighted by Crippen LogP contribution is -2.41. The van der Waals surface area contributed by atoms with Gasteiger partial charge in [0, 0.05) is 19.3 Å². The molecule has 0 radical (unpaired) electrons. The van der Waals surface area contributed by atoms with E-state index in [1.54, 1.807) is 17.2 Å². The van der Waals surface area contributed by atoms with Gasteiger partial charge < -0.3 is 19.7 Å². The molecule has 0 aliphatic carbocycles. The molecule has 0 atom stereocenters. The van der Waals surface area contributed by atoms with E-state index in [0.717, 1.165) is 0 Å². The molecule has 1 aromatic rings. The summed E-state index contributed by atoms with van der Waals surface area (Å²) in [5.41, 5.74) is 0.111. The Labute approximate surface area is 104 Å². The molecular weight excluding hydrogens is 236 g/mol. The predicted molar refractivity (Wildman–Crippen MR) is 63.2 cm³/mol. The number of hydrogen-bond acceptors (Lipinski definition) is 3. The number of carboxylic acids is 1. The maximum atomic E-state index is 12.0. The molecule has 0 spiro atoms. The Morgan fingerprint density at radius 2 is 2.00 bits per heavy atom. The summed E-state index contributed by atoms with van der Waals surface area (Å²) < 4.78 is 1.43. The summed E-state index contributed by atoms with van der Waals surface area (Å²) in [6, 6.07) is 3.08. The molecular formula is C12H16N2O4. The fourth-order valence-electron chi connectivity index (χ4n) is 2.11. The standard InChI is InChI=1S/C12H16N2O4/c15-9-3-6-13(7-4-9)11(16)8-14-5-1-2-10(14)12(17)18/h1-2,5,9,15H,3-4,6-8H2,(H,17,18). The lowest BCUT2D eigenvalue weighted by Gasteiger charge is -2.29. The molecule has 1 amide bonds. The van der Waals surface area contributed by atoms with Crippen molar-refractivity contribution in [3.8, 4) is 0 Å². The lowest BCUT2D eigenvalue weighted by molar-refractivity contribution is -0.133. The van der Waals surface area contributed by atoms with Crippen LogP contribution in [0.2, 0.25) is 0 Å². The molecule has 0 bridgehead atoms. The Morgan fingerprint density at radius 3 is 2.61 bits per heavy atom. The number of amides is 1. The Morgan fingerprint density at radius 1 is 1.33 bits per heavy atom. The molecule has 0 unspecified atom stereocenters. The molecule has 2 rings (SSSR count). The van der Waals surface area contributed by atoms with Gasteiger partial charge in [-0.1, -0.05) is 0 Å². The van der Waals surface area contributed by atoms with E-state index in [2.05, 4.69) is 0 Å². The van der Waals surface area contributed by atoms with Crippen LogP contribution in [0.5, 0.6) is 0 Å². The van der Waals surface area contributed by atoms with Gasteiger partial charge in [-0.25, -0.2) is 4.79 Å². The van der Waals surface area contributed by atoms with Crippen molar-refractivity contribution in [2.24, 2.45) is 0 Å². The maximum absolute atomic E-state index is 12.0.